The van der Waals surface area contributed by atoms with Crippen molar-refractivity contribution in [2.24, 2.45) is 5.73 Å². The number of hydrogen-bond donors (Lipinski definition) is 3. The molecule has 0 unspecified atom stereocenters. The zero-order valence-corrected chi connectivity index (χ0v) is 9.94. The van der Waals surface area contributed by atoms with Gasteiger partial charge in [-0.05, 0) is 43.9 Å². The number of benzene rings is 1. The minimum absolute atomic E-state index is 0.0241. The van der Waals surface area contributed by atoms with Gasteiger partial charge in [0, 0.05) is 5.54 Å². The molecular weight excluding hydrogens is 216 g/mol. The Hall–Kier alpha value is -1.55. The molecule has 1 aromatic rings. The van der Waals surface area contributed by atoms with Crippen LogP contribution in [0, 0.1) is 0 Å². The lowest BCUT2D eigenvalue weighted by Gasteiger charge is -2.16. The standard InChI is InChI=1S/C13H18N2O2/c1-13(6-7-13)15-12(17)11(14)8-9-2-4-10(16)5-3-9/h2-5,11,16H,6-8,14H2,1H3,(H,15,17)/t11-/m0/s1. The van der Waals surface area contributed by atoms with Crippen molar-refractivity contribution >= 4 is 5.91 Å². The van der Waals surface area contributed by atoms with Crippen LogP contribution >= 0.6 is 0 Å². The fourth-order valence-corrected chi connectivity index (χ4v) is 1.68. The Balaban J connectivity index is 1.89. The van der Waals surface area contributed by atoms with Crippen LogP contribution in [0.4, 0.5) is 0 Å². The molecule has 1 aliphatic rings. The van der Waals surface area contributed by atoms with Crippen molar-refractivity contribution < 1.29 is 9.90 Å². The Morgan fingerprint density at radius 1 is 1.47 bits per heavy atom. The van der Waals surface area contributed by atoms with Crippen LogP contribution in [0.1, 0.15) is 25.3 Å². The zero-order valence-electron chi connectivity index (χ0n) is 9.94. The second kappa shape index (κ2) is 4.37. The number of nitrogens with one attached hydrogen (secondary N) is 1. The summed E-state index contributed by atoms with van der Waals surface area (Å²) >= 11 is 0. The van der Waals surface area contributed by atoms with E-state index in [4.69, 9.17) is 10.8 Å². The highest BCUT2D eigenvalue weighted by Gasteiger charge is 2.39. The van der Waals surface area contributed by atoms with Crippen molar-refractivity contribution in [2.75, 3.05) is 0 Å². The van der Waals surface area contributed by atoms with Crippen LogP contribution in [0.25, 0.3) is 0 Å². The number of rotatable bonds is 4. The van der Waals surface area contributed by atoms with Gasteiger partial charge in [-0.2, -0.15) is 0 Å². The van der Waals surface area contributed by atoms with Crippen molar-refractivity contribution in [2.45, 2.75) is 37.8 Å². The van der Waals surface area contributed by atoms with E-state index in [1.165, 1.54) is 0 Å². The molecule has 1 aliphatic carbocycles. The molecule has 1 amide bonds. The Morgan fingerprint density at radius 3 is 2.59 bits per heavy atom. The first kappa shape index (κ1) is 11.9. The van der Waals surface area contributed by atoms with Crippen LogP contribution in [0.5, 0.6) is 5.75 Å². The molecule has 0 heterocycles. The Morgan fingerprint density at radius 2 is 2.06 bits per heavy atom. The quantitative estimate of drug-likeness (QED) is 0.725. The number of hydrogen-bond acceptors (Lipinski definition) is 3. The average Bonchev–Trinajstić information content (AvgIpc) is 2.99. The molecular formula is C13H18N2O2. The second-order valence-electron chi connectivity index (χ2n) is 5.03. The highest BCUT2D eigenvalue weighted by atomic mass is 16.3. The highest BCUT2D eigenvalue weighted by Crippen LogP contribution is 2.34. The smallest absolute Gasteiger partial charge is 0.237 e. The van der Waals surface area contributed by atoms with Gasteiger partial charge in [-0.25, -0.2) is 0 Å². The molecule has 92 valence electrons. The van der Waals surface area contributed by atoms with Crippen LogP contribution in [0.15, 0.2) is 24.3 Å². The van der Waals surface area contributed by atoms with Gasteiger partial charge < -0.3 is 16.2 Å². The van der Waals surface area contributed by atoms with E-state index in [9.17, 15) is 4.79 Å². The lowest BCUT2D eigenvalue weighted by atomic mass is 10.1. The van der Waals surface area contributed by atoms with Gasteiger partial charge in [0.05, 0.1) is 6.04 Å². The summed E-state index contributed by atoms with van der Waals surface area (Å²) in [5.74, 6) is 0.121. The molecule has 1 saturated carbocycles. The molecule has 1 atom stereocenters. The molecule has 4 nitrogen and oxygen atoms in total. The predicted molar refractivity (Wildman–Crippen MR) is 65.6 cm³/mol. The van der Waals surface area contributed by atoms with Crippen molar-refractivity contribution in [3.63, 3.8) is 0 Å². The summed E-state index contributed by atoms with van der Waals surface area (Å²) in [4.78, 5) is 11.8. The molecule has 1 fully saturated rings. The maximum atomic E-state index is 11.8. The minimum atomic E-state index is -0.531. The summed E-state index contributed by atoms with van der Waals surface area (Å²) in [5, 5.41) is 12.1. The van der Waals surface area contributed by atoms with Gasteiger partial charge in [0.2, 0.25) is 5.91 Å². The third-order valence-electron chi connectivity index (χ3n) is 3.15. The summed E-state index contributed by atoms with van der Waals surface area (Å²) < 4.78 is 0. The van der Waals surface area contributed by atoms with Gasteiger partial charge in [0.1, 0.15) is 5.75 Å². The molecule has 0 spiro atoms. The van der Waals surface area contributed by atoms with E-state index in [0.29, 0.717) is 6.42 Å². The van der Waals surface area contributed by atoms with E-state index in [1.54, 1.807) is 24.3 Å². The topological polar surface area (TPSA) is 75.4 Å². The first-order chi connectivity index (χ1) is 7.98. The monoisotopic (exact) mass is 234 g/mol. The fourth-order valence-electron chi connectivity index (χ4n) is 1.68. The van der Waals surface area contributed by atoms with E-state index >= 15 is 0 Å². The van der Waals surface area contributed by atoms with Crippen molar-refractivity contribution in [3.8, 4) is 5.75 Å². The molecule has 0 radical (unpaired) electrons. The van der Waals surface area contributed by atoms with Crippen LogP contribution in [0.2, 0.25) is 0 Å². The molecule has 0 saturated heterocycles. The number of aromatic hydroxyl groups is 1. The lowest BCUT2D eigenvalue weighted by Crippen LogP contribution is -2.46. The summed E-state index contributed by atoms with van der Waals surface area (Å²) in [6.07, 6.45) is 2.55. The van der Waals surface area contributed by atoms with Crippen LogP contribution in [-0.4, -0.2) is 22.6 Å². The Labute approximate surface area is 101 Å². The normalized spacial score (nSPS) is 18.5. The number of phenolic OH excluding ortho intramolecular Hbond substituents is 1. The maximum Gasteiger partial charge on any atom is 0.237 e. The van der Waals surface area contributed by atoms with Gasteiger partial charge in [-0.15, -0.1) is 0 Å². The number of nitrogens with two attached hydrogens (primary N) is 1. The van der Waals surface area contributed by atoms with E-state index in [0.717, 1.165) is 18.4 Å². The SMILES string of the molecule is CC1(NC(=O)[C@@H](N)Cc2ccc(O)cc2)CC1. The van der Waals surface area contributed by atoms with Gasteiger partial charge in [0.25, 0.3) is 0 Å². The summed E-state index contributed by atoms with van der Waals surface area (Å²) in [7, 11) is 0. The summed E-state index contributed by atoms with van der Waals surface area (Å²) in [6, 6.07) is 6.23. The van der Waals surface area contributed by atoms with Gasteiger partial charge in [-0.3, -0.25) is 4.79 Å². The average molecular weight is 234 g/mol. The van der Waals surface area contributed by atoms with Crippen LogP contribution in [-0.2, 0) is 11.2 Å². The van der Waals surface area contributed by atoms with Gasteiger partial charge >= 0.3 is 0 Å². The fraction of sp³-hybridized carbons (Fsp3) is 0.462. The molecule has 2 rings (SSSR count). The van der Waals surface area contributed by atoms with E-state index in [1.807, 2.05) is 6.92 Å². The summed E-state index contributed by atoms with van der Waals surface area (Å²) in [6.45, 7) is 2.03. The third-order valence-corrected chi connectivity index (χ3v) is 3.15. The van der Waals surface area contributed by atoms with E-state index in [2.05, 4.69) is 5.32 Å². The predicted octanol–water partition coefficient (Wildman–Crippen LogP) is 0.931. The number of amides is 1. The zero-order chi connectivity index (χ0) is 12.5. The van der Waals surface area contributed by atoms with Crippen LogP contribution < -0.4 is 11.1 Å². The van der Waals surface area contributed by atoms with Crippen molar-refractivity contribution in [1.82, 2.24) is 5.32 Å². The Bertz CT molecular complexity index is 410. The van der Waals surface area contributed by atoms with Crippen molar-refractivity contribution in [1.29, 1.82) is 0 Å². The third kappa shape index (κ3) is 3.20. The van der Waals surface area contributed by atoms with Crippen LogP contribution in [0.3, 0.4) is 0 Å². The first-order valence-electron chi connectivity index (χ1n) is 5.84. The van der Waals surface area contributed by atoms with Gasteiger partial charge in [0.15, 0.2) is 0 Å². The molecule has 0 aliphatic heterocycles. The summed E-state index contributed by atoms with van der Waals surface area (Å²) in [5.41, 5.74) is 6.77. The van der Waals surface area contributed by atoms with E-state index < -0.39 is 6.04 Å². The largest absolute Gasteiger partial charge is 0.508 e. The molecule has 1 aromatic carbocycles. The molecule has 0 bridgehead atoms. The van der Waals surface area contributed by atoms with Crippen molar-refractivity contribution in [3.05, 3.63) is 29.8 Å². The Kier molecular flexibility index (Phi) is 3.07. The highest BCUT2D eigenvalue weighted by molar-refractivity contribution is 5.82. The second-order valence-corrected chi connectivity index (χ2v) is 5.03. The number of phenols is 1. The molecule has 17 heavy (non-hydrogen) atoms. The first-order valence-corrected chi connectivity index (χ1v) is 5.84. The minimum Gasteiger partial charge on any atom is -0.508 e. The van der Waals surface area contributed by atoms with E-state index in [-0.39, 0.29) is 17.2 Å². The van der Waals surface area contributed by atoms with Gasteiger partial charge in [-0.1, -0.05) is 12.1 Å². The molecule has 4 heteroatoms. The maximum absolute atomic E-state index is 11.8. The number of carbonyl (C=O) groups excluding carboxylic acids is 1. The molecule has 4 N–H and O–H groups in total. The number of carbonyl (C=O) groups is 1. The lowest BCUT2D eigenvalue weighted by molar-refractivity contribution is -0.123. The molecule has 0 aromatic heterocycles.